The Morgan fingerprint density at radius 2 is 2.08 bits per heavy atom. The van der Waals surface area contributed by atoms with E-state index in [4.69, 9.17) is 23.2 Å². The van der Waals surface area contributed by atoms with Crippen LogP contribution in [0.2, 0.25) is 10.0 Å². The fourth-order valence-corrected chi connectivity index (χ4v) is 4.42. The summed E-state index contributed by atoms with van der Waals surface area (Å²) in [4.78, 5) is 14.2. The lowest BCUT2D eigenvalue weighted by molar-refractivity contribution is -0.132. The van der Waals surface area contributed by atoms with Gasteiger partial charge >= 0.3 is 0 Å². The minimum absolute atomic E-state index is 0.0275. The molecule has 0 radical (unpaired) electrons. The minimum atomic E-state index is -3.56. The van der Waals surface area contributed by atoms with Gasteiger partial charge in [-0.2, -0.15) is 0 Å². The molecule has 1 unspecified atom stereocenters. The lowest BCUT2D eigenvalue weighted by Gasteiger charge is -2.32. The van der Waals surface area contributed by atoms with Crippen molar-refractivity contribution in [2.75, 3.05) is 30.2 Å². The number of piperidine rings is 1. The largest absolute Gasteiger partial charge is 0.342 e. The van der Waals surface area contributed by atoms with Crippen LogP contribution < -0.4 is 4.31 Å². The summed E-state index contributed by atoms with van der Waals surface area (Å²) in [5.41, 5.74) is 0.336. The standard InChI is InChI=1S/C16H22Cl2N2O3S/c1-12-4-3-8-19(11-12)16(21)7-9-20(24(2,22)23)15-6-5-13(17)10-14(15)18/h5-6,10,12H,3-4,7-9,11H2,1-2H3. The molecule has 0 bridgehead atoms. The summed E-state index contributed by atoms with van der Waals surface area (Å²) in [6, 6.07) is 4.62. The number of hydrogen-bond donors (Lipinski definition) is 0. The summed E-state index contributed by atoms with van der Waals surface area (Å²) < 4.78 is 25.4. The van der Waals surface area contributed by atoms with Gasteiger partial charge in [0.1, 0.15) is 0 Å². The van der Waals surface area contributed by atoms with Crippen molar-refractivity contribution in [3.8, 4) is 0 Å². The van der Waals surface area contributed by atoms with Gasteiger partial charge in [-0.05, 0) is 37.0 Å². The van der Waals surface area contributed by atoms with Crippen molar-refractivity contribution in [2.24, 2.45) is 5.92 Å². The van der Waals surface area contributed by atoms with Crippen molar-refractivity contribution in [1.29, 1.82) is 0 Å². The van der Waals surface area contributed by atoms with Gasteiger partial charge < -0.3 is 4.90 Å². The first-order chi connectivity index (χ1) is 11.2. The third-order valence-corrected chi connectivity index (χ3v) is 5.83. The van der Waals surface area contributed by atoms with Crippen LogP contribution >= 0.6 is 23.2 Å². The molecule has 0 N–H and O–H groups in total. The van der Waals surface area contributed by atoms with Gasteiger partial charge in [0.05, 0.1) is 17.0 Å². The van der Waals surface area contributed by atoms with Crippen molar-refractivity contribution in [3.05, 3.63) is 28.2 Å². The second-order valence-corrected chi connectivity index (χ2v) is 9.02. The number of carbonyl (C=O) groups excluding carboxylic acids is 1. The molecular weight excluding hydrogens is 371 g/mol. The molecule has 1 aliphatic rings. The van der Waals surface area contributed by atoms with Gasteiger partial charge in [0.25, 0.3) is 0 Å². The molecule has 134 valence electrons. The van der Waals surface area contributed by atoms with Crippen LogP contribution in [0.3, 0.4) is 0 Å². The number of halogens is 2. The molecule has 8 heteroatoms. The molecule has 24 heavy (non-hydrogen) atoms. The van der Waals surface area contributed by atoms with Gasteiger partial charge in [0.2, 0.25) is 15.9 Å². The Labute approximate surface area is 153 Å². The van der Waals surface area contributed by atoms with Crippen LogP contribution in [0, 0.1) is 5.92 Å². The summed E-state index contributed by atoms with van der Waals surface area (Å²) in [5.74, 6) is 0.458. The molecule has 1 fully saturated rings. The zero-order valence-electron chi connectivity index (χ0n) is 13.8. The molecule has 0 aromatic heterocycles. The first kappa shape index (κ1) is 19.3. The second-order valence-electron chi connectivity index (χ2n) is 6.27. The molecule has 1 atom stereocenters. The molecule has 5 nitrogen and oxygen atoms in total. The Morgan fingerprint density at radius 1 is 1.38 bits per heavy atom. The van der Waals surface area contributed by atoms with E-state index in [9.17, 15) is 13.2 Å². The molecule has 1 saturated heterocycles. The third kappa shape index (κ3) is 5.01. The van der Waals surface area contributed by atoms with Crippen molar-refractivity contribution in [1.82, 2.24) is 4.90 Å². The van der Waals surface area contributed by atoms with Gasteiger partial charge in [-0.25, -0.2) is 8.42 Å². The molecule has 1 aromatic carbocycles. The van der Waals surface area contributed by atoms with Crippen molar-refractivity contribution in [3.63, 3.8) is 0 Å². The second kappa shape index (κ2) is 7.93. The predicted molar refractivity (Wildman–Crippen MR) is 98.2 cm³/mol. The van der Waals surface area contributed by atoms with Gasteiger partial charge in [-0.15, -0.1) is 0 Å². The average Bonchev–Trinajstić information content (AvgIpc) is 2.48. The monoisotopic (exact) mass is 392 g/mol. The van der Waals surface area contributed by atoms with E-state index in [1.54, 1.807) is 12.1 Å². The number of sulfonamides is 1. The van der Waals surface area contributed by atoms with E-state index in [1.807, 2.05) is 4.90 Å². The maximum absolute atomic E-state index is 12.4. The molecule has 0 aliphatic carbocycles. The van der Waals surface area contributed by atoms with E-state index in [2.05, 4.69) is 6.92 Å². The van der Waals surface area contributed by atoms with E-state index in [-0.39, 0.29) is 23.9 Å². The summed E-state index contributed by atoms with van der Waals surface area (Å²) >= 11 is 12.0. The molecule has 2 rings (SSSR count). The Kier molecular flexibility index (Phi) is 6.39. The molecule has 1 heterocycles. The number of hydrogen-bond acceptors (Lipinski definition) is 3. The zero-order valence-corrected chi connectivity index (χ0v) is 16.2. The molecule has 1 aliphatic heterocycles. The smallest absolute Gasteiger partial charge is 0.232 e. The van der Waals surface area contributed by atoms with Crippen molar-refractivity contribution >= 4 is 44.8 Å². The lowest BCUT2D eigenvalue weighted by atomic mass is 10.00. The lowest BCUT2D eigenvalue weighted by Crippen LogP contribution is -2.41. The average molecular weight is 393 g/mol. The quantitative estimate of drug-likeness (QED) is 0.771. The Balaban J connectivity index is 2.11. The maximum atomic E-state index is 12.4. The Morgan fingerprint density at radius 3 is 2.67 bits per heavy atom. The van der Waals surface area contributed by atoms with Crippen LogP contribution in [-0.4, -0.2) is 45.1 Å². The van der Waals surface area contributed by atoms with Gasteiger partial charge in [-0.3, -0.25) is 9.10 Å². The van der Waals surface area contributed by atoms with E-state index in [0.29, 0.717) is 16.6 Å². The van der Waals surface area contributed by atoms with Gasteiger partial charge in [0.15, 0.2) is 0 Å². The number of nitrogens with zero attached hydrogens (tertiary/aromatic N) is 2. The Bertz CT molecular complexity index is 709. The third-order valence-electron chi connectivity index (χ3n) is 4.12. The topological polar surface area (TPSA) is 57.7 Å². The van der Waals surface area contributed by atoms with E-state index in [1.165, 1.54) is 6.07 Å². The fraction of sp³-hybridized carbons (Fsp3) is 0.562. The molecular formula is C16H22Cl2N2O3S. The van der Waals surface area contributed by atoms with Crippen LogP contribution in [0.4, 0.5) is 5.69 Å². The number of benzene rings is 1. The predicted octanol–water partition coefficient (Wildman–Crippen LogP) is 3.41. The zero-order chi connectivity index (χ0) is 17.9. The van der Waals surface area contributed by atoms with E-state index >= 15 is 0 Å². The van der Waals surface area contributed by atoms with Crippen molar-refractivity contribution < 1.29 is 13.2 Å². The van der Waals surface area contributed by atoms with E-state index < -0.39 is 10.0 Å². The number of anilines is 1. The molecule has 0 saturated carbocycles. The van der Waals surface area contributed by atoms with Crippen LogP contribution in [0.1, 0.15) is 26.2 Å². The number of rotatable bonds is 5. The van der Waals surface area contributed by atoms with Crippen LogP contribution in [-0.2, 0) is 14.8 Å². The normalized spacial score (nSPS) is 18.5. The number of amides is 1. The molecule has 1 aromatic rings. The SMILES string of the molecule is CC1CCCN(C(=O)CCN(c2ccc(Cl)cc2Cl)S(C)(=O)=O)C1. The van der Waals surface area contributed by atoms with Gasteiger partial charge in [0, 0.05) is 31.1 Å². The molecule has 0 spiro atoms. The van der Waals surface area contributed by atoms with E-state index in [0.717, 1.165) is 36.5 Å². The summed E-state index contributed by atoms with van der Waals surface area (Å²) in [6.45, 7) is 3.66. The van der Waals surface area contributed by atoms with Gasteiger partial charge in [-0.1, -0.05) is 30.1 Å². The maximum Gasteiger partial charge on any atom is 0.232 e. The Hall–Kier alpha value is -0.980. The first-order valence-corrected chi connectivity index (χ1v) is 10.5. The summed E-state index contributed by atoms with van der Waals surface area (Å²) in [6.07, 6.45) is 3.34. The highest BCUT2D eigenvalue weighted by atomic mass is 35.5. The van der Waals surface area contributed by atoms with Crippen LogP contribution in [0.5, 0.6) is 0 Å². The highest BCUT2D eigenvalue weighted by molar-refractivity contribution is 7.92. The summed E-state index contributed by atoms with van der Waals surface area (Å²) in [5, 5.41) is 0.669. The molecule has 1 amide bonds. The van der Waals surface area contributed by atoms with Crippen LogP contribution in [0.15, 0.2) is 18.2 Å². The fourth-order valence-electron chi connectivity index (χ4n) is 2.92. The number of likely N-dealkylation sites (tertiary alicyclic amines) is 1. The highest BCUT2D eigenvalue weighted by Crippen LogP contribution is 2.30. The number of carbonyl (C=O) groups is 1. The minimum Gasteiger partial charge on any atom is -0.342 e. The van der Waals surface area contributed by atoms with Crippen LogP contribution in [0.25, 0.3) is 0 Å². The first-order valence-electron chi connectivity index (χ1n) is 7.89. The van der Waals surface area contributed by atoms with Crippen molar-refractivity contribution in [2.45, 2.75) is 26.2 Å². The highest BCUT2D eigenvalue weighted by Gasteiger charge is 2.24. The summed E-state index contributed by atoms with van der Waals surface area (Å²) in [7, 11) is -3.56.